The first-order valence-electron chi connectivity index (χ1n) is 5.02. The van der Waals surface area contributed by atoms with Crippen LogP contribution < -0.4 is 19.9 Å². The molecule has 2 rings (SSSR count). The smallest absolute Gasteiger partial charge is 0.260 e. The molecule has 6 heteroatoms. The molecule has 0 amide bonds. The minimum Gasteiger partial charge on any atom is -0.496 e. The number of benzene rings is 1. The molecule has 1 aliphatic heterocycles. The van der Waals surface area contributed by atoms with Crippen LogP contribution in [-0.4, -0.2) is 20.3 Å². The lowest BCUT2D eigenvalue weighted by Gasteiger charge is -2.26. The number of hydrogen-bond acceptors (Lipinski definition) is 4. The summed E-state index contributed by atoms with van der Waals surface area (Å²) in [6.07, 6.45) is -2.71. The normalized spacial score (nSPS) is 17.1. The van der Waals surface area contributed by atoms with Crippen LogP contribution in [0.15, 0.2) is 12.1 Å². The van der Waals surface area contributed by atoms with Crippen LogP contribution in [0.1, 0.15) is 12.5 Å². The van der Waals surface area contributed by atoms with Gasteiger partial charge in [-0.1, -0.05) is 0 Å². The standard InChI is InChI=1S/C11H13F2NO3/c1-11(14,10(12)13)6-3-8-9(17-5-16-8)4-7(6)15-2/h3-4,10H,5,14H2,1-2H3. The molecule has 0 aliphatic carbocycles. The molecule has 17 heavy (non-hydrogen) atoms. The molecule has 0 saturated heterocycles. The highest BCUT2D eigenvalue weighted by molar-refractivity contribution is 5.54. The fourth-order valence-corrected chi connectivity index (χ4v) is 1.63. The van der Waals surface area contributed by atoms with Crippen molar-refractivity contribution in [1.82, 2.24) is 0 Å². The number of fused-ring (bicyclic) bond motifs is 1. The average molecular weight is 245 g/mol. The van der Waals surface area contributed by atoms with Gasteiger partial charge in [-0.15, -0.1) is 0 Å². The molecule has 1 unspecified atom stereocenters. The lowest BCUT2D eigenvalue weighted by molar-refractivity contribution is 0.0610. The van der Waals surface area contributed by atoms with E-state index in [-0.39, 0.29) is 18.1 Å². The number of alkyl halides is 2. The Hall–Kier alpha value is -1.56. The van der Waals surface area contributed by atoms with Crippen LogP contribution in [0, 0.1) is 0 Å². The number of hydrogen-bond donors (Lipinski definition) is 1. The molecule has 2 N–H and O–H groups in total. The largest absolute Gasteiger partial charge is 0.496 e. The summed E-state index contributed by atoms with van der Waals surface area (Å²) < 4.78 is 41.2. The van der Waals surface area contributed by atoms with Gasteiger partial charge < -0.3 is 19.9 Å². The van der Waals surface area contributed by atoms with Crippen molar-refractivity contribution in [2.45, 2.75) is 18.9 Å². The summed E-state index contributed by atoms with van der Waals surface area (Å²) in [5.74, 6) is 1.13. The van der Waals surface area contributed by atoms with E-state index in [1.807, 2.05) is 0 Å². The van der Waals surface area contributed by atoms with Gasteiger partial charge in [-0.3, -0.25) is 0 Å². The van der Waals surface area contributed by atoms with Gasteiger partial charge in [-0.05, 0) is 13.0 Å². The van der Waals surface area contributed by atoms with E-state index in [2.05, 4.69) is 0 Å². The zero-order valence-corrected chi connectivity index (χ0v) is 9.50. The van der Waals surface area contributed by atoms with Gasteiger partial charge in [0.05, 0.1) is 7.11 Å². The summed E-state index contributed by atoms with van der Waals surface area (Å²) in [7, 11) is 1.39. The Kier molecular flexibility index (Phi) is 2.82. The van der Waals surface area contributed by atoms with E-state index in [1.54, 1.807) is 0 Å². The zero-order valence-electron chi connectivity index (χ0n) is 9.50. The molecule has 1 aromatic rings. The minimum absolute atomic E-state index is 0.0674. The van der Waals surface area contributed by atoms with Crippen LogP contribution in [0.4, 0.5) is 8.78 Å². The van der Waals surface area contributed by atoms with Crippen LogP contribution in [0.2, 0.25) is 0 Å². The third kappa shape index (κ3) is 1.88. The van der Waals surface area contributed by atoms with E-state index in [0.717, 1.165) is 0 Å². The Morgan fingerprint density at radius 2 is 1.94 bits per heavy atom. The molecular formula is C11H13F2NO3. The maximum Gasteiger partial charge on any atom is 0.260 e. The van der Waals surface area contributed by atoms with Crippen LogP contribution in [0.3, 0.4) is 0 Å². The fourth-order valence-electron chi connectivity index (χ4n) is 1.63. The Balaban J connectivity index is 2.53. The highest BCUT2D eigenvalue weighted by Crippen LogP contribution is 2.42. The SMILES string of the molecule is COc1cc2c(cc1C(C)(N)C(F)F)OCO2. The maximum absolute atomic E-state index is 12.9. The monoisotopic (exact) mass is 245 g/mol. The Bertz CT molecular complexity index is 435. The van der Waals surface area contributed by atoms with Crippen molar-refractivity contribution in [2.24, 2.45) is 5.73 Å². The van der Waals surface area contributed by atoms with Crippen LogP contribution in [0.5, 0.6) is 17.2 Å². The second-order valence-corrected chi connectivity index (χ2v) is 3.99. The van der Waals surface area contributed by atoms with Crippen molar-refractivity contribution in [2.75, 3.05) is 13.9 Å². The van der Waals surface area contributed by atoms with Gasteiger partial charge in [-0.25, -0.2) is 8.78 Å². The first-order chi connectivity index (χ1) is 7.96. The van der Waals surface area contributed by atoms with E-state index in [0.29, 0.717) is 11.5 Å². The van der Waals surface area contributed by atoms with E-state index in [4.69, 9.17) is 19.9 Å². The second kappa shape index (κ2) is 4.03. The van der Waals surface area contributed by atoms with Gasteiger partial charge in [0.2, 0.25) is 6.79 Å². The summed E-state index contributed by atoms with van der Waals surface area (Å²) in [4.78, 5) is 0. The summed E-state index contributed by atoms with van der Waals surface area (Å²) in [6.45, 7) is 1.32. The highest BCUT2D eigenvalue weighted by Gasteiger charge is 2.36. The summed E-state index contributed by atoms with van der Waals surface area (Å²) in [5, 5.41) is 0. The molecule has 4 nitrogen and oxygen atoms in total. The molecular weight excluding hydrogens is 232 g/mol. The zero-order chi connectivity index (χ0) is 12.6. The maximum atomic E-state index is 12.9. The van der Waals surface area contributed by atoms with E-state index < -0.39 is 12.0 Å². The van der Waals surface area contributed by atoms with Gasteiger partial charge in [0, 0.05) is 11.6 Å². The molecule has 1 heterocycles. The van der Waals surface area contributed by atoms with Crippen molar-refractivity contribution in [3.63, 3.8) is 0 Å². The summed E-state index contributed by atoms with van der Waals surface area (Å²) in [5.41, 5.74) is 4.02. The first kappa shape index (κ1) is 11.9. The quantitative estimate of drug-likeness (QED) is 0.883. The van der Waals surface area contributed by atoms with Crippen LogP contribution >= 0.6 is 0 Å². The Morgan fingerprint density at radius 3 is 2.47 bits per heavy atom. The first-order valence-corrected chi connectivity index (χ1v) is 5.02. The fraction of sp³-hybridized carbons (Fsp3) is 0.455. The third-order valence-electron chi connectivity index (χ3n) is 2.73. The van der Waals surface area contributed by atoms with E-state index in [9.17, 15) is 8.78 Å². The summed E-state index contributed by atoms with van der Waals surface area (Å²) >= 11 is 0. The molecule has 0 spiro atoms. The van der Waals surface area contributed by atoms with Gasteiger partial charge in [-0.2, -0.15) is 0 Å². The molecule has 0 bridgehead atoms. The predicted molar refractivity (Wildman–Crippen MR) is 56.7 cm³/mol. The molecule has 0 aromatic heterocycles. The van der Waals surface area contributed by atoms with Gasteiger partial charge in [0.25, 0.3) is 6.43 Å². The number of rotatable bonds is 3. The van der Waals surface area contributed by atoms with Crippen molar-refractivity contribution >= 4 is 0 Å². The molecule has 1 aliphatic rings. The highest BCUT2D eigenvalue weighted by atomic mass is 19.3. The van der Waals surface area contributed by atoms with E-state index in [1.165, 1.54) is 26.2 Å². The molecule has 1 aromatic carbocycles. The third-order valence-corrected chi connectivity index (χ3v) is 2.73. The minimum atomic E-state index is -2.71. The van der Waals surface area contributed by atoms with E-state index >= 15 is 0 Å². The molecule has 0 radical (unpaired) electrons. The number of nitrogens with two attached hydrogens (primary N) is 1. The second-order valence-electron chi connectivity index (χ2n) is 3.99. The van der Waals surface area contributed by atoms with Crippen LogP contribution in [-0.2, 0) is 5.54 Å². The lowest BCUT2D eigenvalue weighted by Crippen LogP contribution is -2.40. The molecule has 1 atom stereocenters. The summed E-state index contributed by atoms with van der Waals surface area (Å²) in [6, 6.07) is 2.94. The van der Waals surface area contributed by atoms with Crippen LogP contribution in [0.25, 0.3) is 0 Å². The van der Waals surface area contributed by atoms with Crippen molar-refractivity contribution in [3.05, 3.63) is 17.7 Å². The van der Waals surface area contributed by atoms with Crippen molar-refractivity contribution in [3.8, 4) is 17.2 Å². The lowest BCUT2D eigenvalue weighted by atomic mass is 9.92. The van der Waals surface area contributed by atoms with Crippen molar-refractivity contribution in [1.29, 1.82) is 0 Å². The number of methoxy groups -OCH3 is 1. The number of ether oxygens (including phenoxy) is 3. The molecule has 0 saturated carbocycles. The van der Waals surface area contributed by atoms with Gasteiger partial charge in [0.15, 0.2) is 11.5 Å². The Labute approximate surface area is 97.3 Å². The molecule has 94 valence electrons. The topological polar surface area (TPSA) is 53.7 Å². The Morgan fingerprint density at radius 1 is 1.35 bits per heavy atom. The number of halogens is 2. The molecule has 0 fully saturated rings. The predicted octanol–water partition coefficient (Wildman–Crippen LogP) is 1.86. The van der Waals surface area contributed by atoms with Gasteiger partial charge in [0.1, 0.15) is 11.3 Å². The average Bonchev–Trinajstić information content (AvgIpc) is 2.73. The van der Waals surface area contributed by atoms with Gasteiger partial charge >= 0.3 is 0 Å². The van der Waals surface area contributed by atoms with Crippen molar-refractivity contribution < 1.29 is 23.0 Å².